The van der Waals surface area contributed by atoms with Gasteiger partial charge in [-0.15, -0.1) is 0 Å². The summed E-state index contributed by atoms with van der Waals surface area (Å²) in [5, 5.41) is 4.22. The summed E-state index contributed by atoms with van der Waals surface area (Å²) < 4.78 is 12.9. The molecule has 1 rings (SSSR count). The van der Waals surface area contributed by atoms with Crippen molar-refractivity contribution in [3.8, 4) is 0 Å². The molecule has 1 N–H and O–H groups in total. The smallest absolute Gasteiger partial charge is 0.123 e. The van der Waals surface area contributed by atoms with E-state index in [0.29, 0.717) is 11.3 Å². The van der Waals surface area contributed by atoms with Gasteiger partial charge in [0.05, 0.1) is 0 Å². The fraction of sp³-hybridized carbons (Fsp3) is 0.600. The molecule has 1 aromatic rings. The average Bonchev–Trinajstić information content (AvgIpc) is 2.40. The Kier molecular flexibility index (Phi) is 7.36. The summed E-state index contributed by atoms with van der Waals surface area (Å²) in [5.74, 6) is 0.878. The highest BCUT2D eigenvalue weighted by molar-refractivity contribution is 7.99. The van der Waals surface area contributed by atoms with Gasteiger partial charge in [-0.25, -0.2) is 4.39 Å². The molecule has 2 unspecified atom stereocenters. The largest absolute Gasteiger partial charge is 0.309 e. The Balaban J connectivity index is 2.62. The van der Waals surface area contributed by atoms with E-state index in [1.54, 1.807) is 12.1 Å². The summed E-state index contributed by atoms with van der Waals surface area (Å²) in [6.07, 6.45) is 2.31. The van der Waals surface area contributed by atoms with Crippen molar-refractivity contribution < 1.29 is 4.39 Å². The second-order valence-electron chi connectivity index (χ2n) is 4.61. The summed E-state index contributed by atoms with van der Waals surface area (Å²) in [6.45, 7) is 7.63. The van der Waals surface area contributed by atoms with E-state index in [1.165, 1.54) is 12.0 Å². The molecule has 0 aromatic heterocycles. The van der Waals surface area contributed by atoms with Crippen LogP contribution in [0.25, 0.3) is 0 Å². The van der Waals surface area contributed by atoms with E-state index in [4.69, 9.17) is 0 Å². The van der Waals surface area contributed by atoms with Gasteiger partial charge in [0.25, 0.3) is 0 Å². The van der Waals surface area contributed by atoms with Crippen LogP contribution in [0.3, 0.4) is 0 Å². The zero-order valence-corrected chi connectivity index (χ0v) is 12.4. The first-order valence-corrected chi connectivity index (χ1v) is 7.82. The van der Waals surface area contributed by atoms with Crippen LogP contribution in [0.1, 0.15) is 45.2 Å². The van der Waals surface area contributed by atoms with Crippen molar-refractivity contribution in [2.45, 2.75) is 44.9 Å². The fourth-order valence-electron chi connectivity index (χ4n) is 1.67. The van der Waals surface area contributed by atoms with Crippen molar-refractivity contribution in [2.75, 3.05) is 12.3 Å². The first-order chi connectivity index (χ1) is 8.67. The second-order valence-corrected chi connectivity index (χ2v) is 6.08. The van der Waals surface area contributed by atoms with Crippen LogP contribution in [-0.4, -0.2) is 17.5 Å². The molecule has 0 aliphatic heterocycles. The zero-order valence-electron chi connectivity index (χ0n) is 11.6. The molecular weight excluding hydrogens is 245 g/mol. The third-order valence-electron chi connectivity index (χ3n) is 3.04. The molecular formula is C15H24FNS. The molecule has 0 saturated heterocycles. The molecule has 18 heavy (non-hydrogen) atoms. The highest BCUT2D eigenvalue weighted by Crippen LogP contribution is 2.23. The van der Waals surface area contributed by atoms with E-state index in [-0.39, 0.29) is 5.82 Å². The summed E-state index contributed by atoms with van der Waals surface area (Å²) in [6, 6.07) is 7.19. The first-order valence-electron chi connectivity index (χ1n) is 6.77. The minimum absolute atomic E-state index is 0.164. The molecule has 0 amide bonds. The van der Waals surface area contributed by atoms with Crippen LogP contribution >= 0.6 is 11.8 Å². The highest BCUT2D eigenvalue weighted by Gasteiger charge is 2.12. The molecule has 0 radical (unpaired) electrons. The summed E-state index contributed by atoms with van der Waals surface area (Å²) >= 11 is 1.98. The molecule has 0 aliphatic rings. The number of hydrogen-bond donors (Lipinski definition) is 1. The predicted molar refractivity (Wildman–Crippen MR) is 79.6 cm³/mol. The molecule has 0 bridgehead atoms. The van der Waals surface area contributed by atoms with Gasteiger partial charge in [-0.3, -0.25) is 0 Å². The number of hydrogen-bond acceptors (Lipinski definition) is 2. The predicted octanol–water partition coefficient (Wildman–Crippen LogP) is 4.40. The third-order valence-corrected chi connectivity index (χ3v) is 4.46. The molecule has 3 heteroatoms. The fourth-order valence-corrected chi connectivity index (χ4v) is 2.73. The molecule has 0 fully saturated rings. The molecule has 1 nitrogen and oxygen atoms in total. The molecule has 2 atom stereocenters. The van der Waals surface area contributed by atoms with Crippen molar-refractivity contribution in [1.29, 1.82) is 0 Å². The molecule has 0 aliphatic carbocycles. The first kappa shape index (κ1) is 15.5. The second kappa shape index (κ2) is 8.54. The zero-order chi connectivity index (χ0) is 13.4. The molecule has 0 saturated carbocycles. The van der Waals surface area contributed by atoms with Gasteiger partial charge in [-0.1, -0.05) is 32.9 Å². The van der Waals surface area contributed by atoms with Gasteiger partial charge in [0, 0.05) is 17.0 Å². The average molecular weight is 269 g/mol. The van der Waals surface area contributed by atoms with Crippen molar-refractivity contribution in [3.63, 3.8) is 0 Å². The van der Waals surface area contributed by atoms with Crippen molar-refractivity contribution in [1.82, 2.24) is 5.32 Å². The van der Waals surface area contributed by atoms with Crippen molar-refractivity contribution in [2.24, 2.45) is 0 Å². The van der Waals surface area contributed by atoms with E-state index < -0.39 is 0 Å². The molecule has 1 aromatic carbocycles. The maximum Gasteiger partial charge on any atom is 0.123 e. The Morgan fingerprint density at radius 3 is 2.44 bits per heavy atom. The van der Waals surface area contributed by atoms with Gasteiger partial charge in [0.2, 0.25) is 0 Å². The Morgan fingerprint density at radius 1 is 1.22 bits per heavy atom. The van der Waals surface area contributed by atoms with E-state index in [0.717, 1.165) is 18.7 Å². The summed E-state index contributed by atoms with van der Waals surface area (Å²) in [4.78, 5) is 0. The van der Waals surface area contributed by atoms with Gasteiger partial charge < -0.3 is 5.32 Å². The minimum atomic E-state index is -0.164. The Labute approximate surface area is 115 Å². The Bertz CT molecular complexity index is 326. The van der Waals surface area contributed by atoms with Crippen LogP contribution in [0, 0.1) is 5.82 Å². The summed E-state index contributed by atoms with van der Waals surface area (Å²) in [7, 11) is 0. The number of nitrogens with one attached hydrogen (secondary N) is 1. The summed E-state index contributed by atoms with van der Waals surface area (Å²) in [5.41, 5.74) is 1.18. The van der Waals surface area contributed by atoms with Gasteiger partial charge in [0.15, 0.2) is 0 Å². The monoisotopic (exact) mass is 269 g/mol. The van der Waals surface area contributed by atoms with Crippen molar-refractivity contribution >= 4 is 11.8 Å². The van der Waals surface area contributed by atoms with Crippen LogP contribution < -0.4 is 5.32 Å². The minimum Gasteiger partial charge on any atom is -0.309 e. The lowest BCUT2D eigenvalue weighted by Gasteiger charge is -2.20. The lowest BCUT2D eigenvalue weighted by atomic mass is 10.1. The van der Waals surface area contributed by atoms with Gasteiger partial charge >= 0.3 is 0 Å². The van der Waals surface area contributed by atoms with E-state index >= 15 is 0 Å². The quantitative estimate of drug-likeness (QED) is 0.751. The topological polar surface area (TPSA) is 12.0 Å². The van der Waals surface area contributed by atoms with Crippen LogP contribution in [0.15, 0.2) is 24.3 Å². The number of thioether (sulfide) groups is 1. The van der Waals surface area contributed by atoms with Gasteiger partial charge in [-0.2, -0.15) is 11.8 Å². The van der Waals surface area contributed by atoms with Crippen LogP contribution in [0.5, 0.6) is 0 Å². The van der Waals surface area contributed by atoms with E-state index in [2.05, 4.69) is 26.1 Å². The van der Waals surface area contributed by atoms with Crippen LogP contribution in [-0.2, 0) is 0 Å². The van der Waals surface area contributed by atoms with Crippen molar-refractivity contribution in [3.05, 3.63) is 35.6 Å². The lowest BCUT2D eigenvalue weighted by molar-refractivity contribution is 0.573. The van der Waals surface area contributed by atoms with E-state index in [9.17, 15) is 4.39 Å². The number of halogens is 1. The highest BCUT2D eigenvalue weighted by atomic mass is 32.2. The Hall–Kier alpha value is -0.540. The Morgan fingerprint density at radius 2 is 1.89 bits per heavy atom. The van der Waals surface area contributed by atoms with Crippen LogP contribution in [0.4, 0.5) is 4.39 Å². The standard InChI is InChI=1S/C15H24FNS/c1-4-10-17-15(11-18-12(3)5-2)13-6-8-14(16)9-7-13/h6-9,12,15,17H,4-5,10-11H2,1-3H3. The third kappa shape index (κ3) is 5.40. The maximum atomic E-state index is 12.9. The SMILES string of the molecule is CCCNC(CSC(C)CC)c1ccc(F)cc1. The molecule has 0 heterocycles. The molecule has 102 valence electrons. The number of benzene rings is 1. The van der Waals surface area contributed by atoms with E-state index in [1.807, 2.05) is 23.9 Å². The lowest BCUT2D eigenvalue weighted by Crippen LogP contribution is -2.24. The molecule has 0 spiro atoms. The van der Waals surface area contributed by atoms with Crippen LogP contribution in [0.2, 0.25) is 0 Å². The maximum absolute atomic E-state index is 12.9. The van der Waals surface area contributed by atoms with Gasteiger partial charge in [0.1, 0.15) is 5.82 Å². The normalized spacial score (nSPS) is 14.4. The van der Waals surface area contributed by atoms with Gasteiger partial charge in [-0.05, 0) is 37.1 Å². The number of rotatable bonds is 8.